The highest BCUT2D eigenvalue weighted by molar-refractivity contribution is 6.14. The highest BCUT2D eigenvalue weighted by Gasteiger charge is 2.38. The van der Waals surface area contributed by atoms with Crippen molar-refractivity contribution in [2.45, 2.75) is 38.5 Å². The van der Waals surface area contributed by atoms with E-state index in [9.17, 15) is 10.1 Å². The molecule has 2 aliphatic rings. The summed E-state index contributed by atoms with van der Waals surface area (Å²) in [4.78, 5) is 12.4. The third kappa shape index (κ3) is 5.93. The van der Waals surface area contributed by atoms with Crippen LogP contribution in [0.25, 0.3) is 111 Å². The van der Waals surface area contributed by atoms with Crippen molar-refractivity contribution in [3.05, 3.63) is 245 Å². The van der Waals surface area contributed by atoms with Gasteiger partial charge in [-0.3, -0.25) is 10.1 Å². The minimum Gasteiger partial charge on any atom is -0.309 e. The van der Waals surface area contributed by atoms with Crippen LogP contribution in [-0.4, -0.2) is 14.1 Å². The number of para-hydroxylation sites is 3. The Hall–Kier alpha value is -8.80. The fourth-order valence-corrected chi connectivity index (χ4v) is 12.5. The third-order valence-corrected chi connectivity index (χ3v) is 16.0. The largest absolute Gasteiger partial charge is 0.309 e. The summed E-state index contributed by atoms with van der Waals surface area (Å²) in [5.74, 6) is 0. The van der Waals surface area contributed by atoms with E-state index in [4.69, 9.17) is 0 Å². The van der Waals surface area contributed by atoms with Crippen molar-refractivity contribution in [3.8, 4) is 67.0 Å². The molecular weight excluding hydrogens is 867 g/mol. The minimum absolute atomic E-state index is 0.0764. The van der Waals surface area contributed by atoms with Crippen LogP contribution in [0.3, 0.4) is 0 Å². The lowest BCUT2D eigenvalue weighted by molar-refractivity contribution is -0.384. The quantitative estimate of drug-likeness (QED) is 0.123. The number of hydrogen-bond donors (Lipinski definition) is 0. The molecule has 0 spiro atoms. The summed E-state index contributed by atoms with van der Waals surface area (Å²) in [5.41, 5.74) is 22.4. The topological polar surface area (TPSA) is 53.0 Å². The zero-order valence-corrected chi connectivity index (χ0v) is 39.9. The molecule has 0 aliphatic heterocycles. The Labute approximate surface area is 411 Å². The summed E-state index contributed by atoms with van der Waals surface area (Å²) in [6, 6.07) is 75.8. The van der Waals surface area contributed by atoms with Crippen LogP contribution in [0.4, 0.5) is 5.69 Å². The monoisotopic (exact) mass is 913 g/mol. The molecule has 0 unspecified atom stereocenters. The lowest BCUT2D eigenvalue weighted by Crippen LogP contribution is -2.14. The Morgan fingerprint density at radius 2 is 0.732 bits per heavy atom. The van der Waals surface area contributed by atoms with Crippen LogP contribution in [0.15, 0.2) is 212 Å². The molecule has 0 atom stereocenters. The highest BCUT2D eigenvalue weighted by atomic mass is 16.6. The van der Waals surface area contributed by atoms with Crippen molar-refractivity contribution in [1.29, 1.82) is 0 Å². The first-order valence-electron chi connectivity index (χ1n) is 24.5. The van der Waals surface area contributed by atoms with Crippen molar-refractivity contribution in [2.24, 2.45) is 0 Å². The molecule has 0 saturated carbocycles. The van der Waals surface area contributed by atoms with Gasteiger partial charge in [-0.2, -0.15) is 0 Å². The summed E-state index contributed by atoms with van der Waals surface area (Å²) in [6.07, 6.45) is 0. The van der Waals surface area contributed by atoms with Crippen LogP contribution < -0.4 is 0 Å². The van der Waals surface area contributed by atoms with Gasteiger partial charge in [0, 0.05) is 49.8 Å². The van der Waals surface area contributed by atoms with Crippen molar-refractivity contribution in [3.63, 3.8) is 0 Å². The lowest BCUT2D eigenvalue weighted by atomic mass is 9.82. The first-order chi connectivity index (χ1) is 34.5. The van der Waals surface area contributed by atoms with E-state index < -0.39 is 0 Å². The van der Waals surface area contributed by atoms with Gasteiger partial charge in [0.25, 0.3) is 5.69 Å². The number of benzene rings is 10. The molecule has 338 valence electrons. The smallest absolute Gasteiger partial charge is 0.277 e. The van der Waals surface area contributed by atoms with E-state index in [0.29, 0.717) is 5.56 Å². The molecule has 14 rings (SSSR count). The van der Waals surface area contributed by atoms with E-state index in [0.717, 1.165) is 72.0 Å². The van der Waals surface area contributed by atoms with E-state index in [1.165, 1.54) is 55.3 Å². The Morgan fingerprint density at radius 3 is 1.20 bits per heavy atom. The number of aromatic nitrogens is 2. The van der Waals surface area contributed by atoms with Crippen LogP contribution >= 0.6 is 0 Å². The second kappa shape index (κ2) is 14.9. The fourth-order valence-electron chi connectivity index (χ4n) is 12.5. The summed E-state index contributed by atoms with van der Waals surface area (Å²) in [6.45, 7) is 9.35. The number of rotatable bonds is 6. The van der Waals surface area contributed by atoms with Crippen LogP contribution in [0.2, 0.25) is 0 Å². The predicted molar refractivity (Wildman–Crippen MR) is 293 cm³/mol. The Bertz CT molecular complexity index is 4010. The van der Waals surface area contributed by atoms with E-state index in [-0.39, 0.29) is 21.4 Å². The van der Waals surface area contributed by atoms with E-state index in [1.807, 2.05) is 12.1 Å². The van der Waals surface area contributed by atoms with Gasteiger partial charge in [0.15, 0.2) is 0 Å². The second-order valence-electron chi connectivity index (χ2n) is 20.6. The van der Waals surface area contributed by atoms with Gasteiger partial charge in [-0.1, -0.05) is 137 Å². The first kappa shape index (κ1) is 41.2. The molecule has 0 saturated heterocycles. The first-order valence-corrected chi connectivity index (χ1v) is 24.5. The van der Waals surface area contributed by atoms with Gasteiger partial charge in [0.05, 0.1) is 32.6 Å². The average Bonchev–Trinajstić information content (AvgIpc) is 4.05. The van der Waals surface area contributed by atoms with E-state index in [1.54, 1.807) is 12.1 Å². The number of hydrogen-bond acceptors (Lipinski definition) is 2. The standard InChI is InChI=1S/C66H47N3O2/c1-65(2)56-24-14-11-22-48(56)50-36-54-52-34-40(27-29-60(52)67(63(54)38-58(50)65)45-17-7-5-8-18-45)42-31-43(33-44(32-42)47-21-13-16-26-62(47)69(70)71)41-28-30-61-53(35-41)55-37-51-49-23-12-15-25-57(49)66(3,4)59(51)39-64(55)68(61)46-19-9-6-10-20-46/h5-39H,1-4H3. The van der Waals surface area contributed by atoms with Gasteiger partial charge in [-0.25, -0.2) is 0 Å². The average molecular weight is 914 g/mol. The molecule has 12 aromatic rings. The molecule has 5 nitrogen and oxygen atoms in total. The lowest BCUT2D eigenvalue weighted by Gasteiger charge is -2.21. The molecule has 0 amide bonds. The summed E-state index contributed by atoms with van der Waals surface area (Å²) in [5, 5.41) is 17.4. The predicted octanol–water partition coefficient (Wildman–Crippen LogP) is 17.4. The van der Waals surface area contributed by atoms with E-state index >= 15 is 0 Å². The van der Waals surface area contributed by atoms with Crippen molar-refractivity contribution in [2.75, 3.05) is 0 Å². The number of nitro groups is 1. The Balaban J connectivity index is 1.01. The molecule has 0 radical (unpaired) electrons. The molecule has 2 heterocycles. The molecule has 0 N–H and O–H groups in total. The van der Waals surface area contributed by atoms with Gasteiger partial charge >= 0.3 is 0 Å². The van der Waals surface area contributed by atoms with Gasteiger partial charge in [-0.05, 0) is 169 Å². The molecule has 10 aromatic carbocycles. The van der Waals surface area contributed by atoms with Crippen molar-refractivity contribution >= 4 is 49.3 Å². The second-order valence-corrected chi connectivity index (χ2v) is 20.6. The molecular formula is C66H47N3O2. The van der Waals surface area contributed by atoms with Crippen molar-refractivity contribution in [1.82, 2.24) is 9.13 Å². The van der Waals surface area contributed by atoms with Crippen molar-refractivity contribution < 1.29 is 4.92 Å². The Morgan fingerprint density at radius 1 is 0.338 bits per heavy atom. The van der Waals surface area contributed by atoms with Crippen LogP contribution in [0.1, 0.15) is 49.9 Å². The van der Waals surface area contributed by atoms with Gasteiger partial charge in [0.2, 0.25) is 0 Å². The maximum atomic E-state index is 12.7. The fraction of sp³-hybridized carbons (Fsp3) is 0.0909. The van der Waals surface area contributed by atoms with Gasteiger partial charge < -0.3 is 9.13 Å². The molecule has 2 aliphatic carbocycles. The maximum Gasteiger partial charge on any atom is 0.277 e. The molecule has 5 heteroatoms. The van der Waals surface area contributed by atoms with Crippen LogP contribution in [0, 0.1) is 10.1 Å². The minimum atomic E-state index is -0.271. The summed E-state index contributed by atoms with van der Waals surface area (Å²) in [7, 11) is 0. The number of fused-ring (bicyclic) bond motifs is 12. The normalized spacial score (nSPS) is 14.0. The molecule has 71 heavy (non-hydrogen) atoms. The number of nitro benzene ring substituents is 1. The summed E-state index contributed by atoms with van der Waals surface area (Å²) < 4.78 is 4.80. The Kier molecular flexibility index (Phi) is 8.62. The SMILES string of the molecule is CC1(C)c2ccccc2-c2cc3c4cc(-c5cc(-c6ccc7c(c6)c6cc8c(cc6n7-c6ccccc6)C(C)(C)c6ccccc6-8)cc(-c6ccccc6[N+](=O)[O-])c5)ccc4n(-c4ccccc4)c3cc21. The molecule has 2 aromatic heterocycles. The maximum absolute atomic E-state index is 12.7. The zero-order chi connectivity index (χ0) is 47.9. The van der Waals surface area contributed by atoms with Crippen LogP contribution in [0.5, 0.6) is 0 Å². The number of nitrogens with zero attached hydrogens (tertiary/aromatic N) is 3. The molecule has 0 fully saturated rings. The van der Waals surface area contributed by atoms with Gasteiger partial charge in [-0.15, -0.1) is 0 Å². The third-order valence-electron chi connectivity index (χ3n) is 16.0. The highest BCUT2D eigenvalue weighted by Crippen LogP contribution is 2.53. The van der Waals surface area contributed by atoms with Crippen LogP contribution in [-0.2, 0) is 10.8 Å². The zero-order valence-electron chi connectivity index (χ0n) is 39.9. The molecule has 0 bridgehead atoms. The summed E-state index contributed by atoms with van der Waals surface area (Å²) >= 11 is 0. The van der Waals surface area contributed by atoms with E-state index in [2.05, 4.69) is 225 Å². The van der Waals surface area contributed by atoms with Gasteiger partial charge in [0.1, 0.15) is 0 Å².